The van der Waals surface area contributed by atoms with Crippen molar-refractivity contribution >= 4 is 40.3 Å². The van der Waals surface area contributed by atoms with E-state index in [1.165, 1.54) is 7.11 Å². The number of fused-ring (bicyclic) bond motifs is 1. The average molecular weight is 349 g/mol. The molecule has 118 valence electrons. The van der Waals surface area contributed by atoms with Crippen LogP contribution in [0.1, 0.15) is 23.5 Å². The molecule has 0 saturated carbocycles. The van der Waals surface area contributed by atoms with Crippen LogP contribution in [-0.2, 0) is 9.53 Å². The number of carbonyl (C=O) groups is 1. The molecule has 0 amide bonds. The summed E-state index contributed by atoms with van der Waals surface area (Å²) in [5.74, 6) is -0.689. The highest BCUT2D eigenvalue weighted by Crippen LogP contribution is 2.38. The average Bonchev–Trinajstić information content (AvgIpc) is 3.02. The first kappa shape index (κ1) is 15.7. The first-order valence-electron chi connectivity index (χ1n) is 6.86. The summed E-state index contributed by atoms with van der Waals surface area (Å²) >= 11 is 7.01. The molecule has 5 nitrogen and oxygen atoms in total. The smallest absolute Gasteiger partial charge is 0.306 e. The SMILES string of the molecule is COC(=O)CC(c1ccc(Cl)cc1)c1c(O)ccc2nsnc12. The first-order chi connectivity index (χ1) is 11.1. The quantitative estimate of drug-likeness (QED) is 0.727. The van der Waals surface area contributed by atoms with Gasteiger partial charge in [-0.2, -0.15) is 8.75 Å². The Balaban J connectivity index is 2.17. The zero-order chi connectivity index (χ0) is 16.4. The van der Waals surface area contributed by atoms with Crippen LogP contribution in [-0.4, -0.2) is 26.9 Å². The second-order valence-electron chi connectivity index (χ2n) is 5.01. The molecule has 0 fully saturated rings. The van der Waals surface area contributed by atoms with Crippen LogP contribution in [0.15, 0.2) is 36.4 Å². The molecule has 0 radical (unpaired) electrons. The van der Waals surface area contributed by atoms with Gasteiger partial charge in [0.25, 0.3) is 0 Å². The number of nitrogens with zero attached hydrogens (tertiary/aromatic N) is 2. The number of phenols is 1. The Labute approximate surface area is 141 Å². The van der Waals surface area contributed by atoms with Gasteiger partial charge in [-0.3, -0.25) is 4.79 Å². The van der Waals surface area contributed by atoms with Crippen LogP contribution >= 0.6 is 23.3 Å². The van der Waals surface area contributed by atoms with Crippen molar-refractivity contribution in [2.24, 2.45) is 0 Å². The van der Waals surface area contributed by atoms with E-state index in [0.29, 0.717) is 21.6 Å². The number of esters is 1. The van der Waals surface area contributed by atoms with E-state index in [9.17, 15) is 9.90 Å². The minimum atomic E-state index is -0.396. The number of hydrogen-bond acceptors (Lipinski definition) is 6. The monoisotopic (exact) mass is 348 g/mol. The third-order valence-electron chi connectivity index (χ3n) is 3.66. The van der Waals surface area contributed by atoms with Gasteiger partial charge in [-0.05, 0) is 29.8 Å². The molecule has 0 saturated heterocycles. The van der Waals surface area contributed by atoms with Crippen LogP contribution < -0.4 is 0 Å². The number of benzene rings is 2. The molecule has 1 aromatic heterocycles. The molecule has 7 heteroatoms. The number of ether oxygens (including phenoxy) is 1. The zero-order valence-electron chi connectivity index (χ0n) is 12.2. The number of methoxy groups -OCH3 is 1. The summed E-state index contributed by atoms with van der Waals surface area (Å²) in [7, 11) is 1.34. The molecule has 1 heterocycles. The Morgan fingerprint density at radius 1 is 1.26 bits per heavy atom. The highest BCUT2D eigenvalue weighted by Gasteiger charge is 2.25. The summed E-state index contributed by atoms with van der Waals surface area (Å²) in [5.41, 5.74) is 2.70. The fraction of sp³-hybridized carbons (Fsp3) is 0.188. The van der Waals surface area contributed by atoms with E-state index in [2.05, 4.69) is 8.75 Å². The van der Waals surface area contributed by atoms with Crippen molar-refractivity contribution in [3.63, 3.8) is 0 Å². The second-order valence-corrected chi connectivity index (χ2v) is 5.98. The van der Waals surface area contributed by atoms with Crippen molar-refractivity contribution in [1.82, 2.24) is 8.75 Å². The van der Waals surface area contributed by atoms with E-state index in [1.807, 2.05) is 12.1 Å². The highest BCUT2D eigenvalue weighted by molar-refractivity contribution is 7.00. The van der Waals surface area contributed by atoms with Gasteiger partial charge in [0, 0.05) is 16.5 Å². The lowest BCUT2D eigenvalue weighted by Crippen LogP contribution is -2.11. The van der Waals surface area contributed by atoms with Gasteiger partial charge in [-0.25, -0.2) is 0 Å². The number of halogens is 1. The number of aromatic nitrogens is 2. The van der Waals surface area contributed by atoms with Crippen molar-refractivity contribution in [2.75, 3.05) is 7.11 Å². The fourth-order valence-corrected chi connectivity index (χ4v) is 3.21. The van der Waals surface area contributed by atoms with E-state index in [-0.39, 0.29) is 18.1 Å². The van der Waals surface area contributed by atoms with Crippen LogP contribution in [0.2, 0.25) is 5.02 Å². The second kappa shape index (κ2) is 6.52. The summed E-state index contributed by atoms with van der Waals surface area (Å²) < 4.78 is 13.3. The van der Waals surface area contributed by atoms with Crippen LogP contribution in [0.4, 0.5) is 0 Å². The lowest BCUT2D eigenvalue weighted by atomic mass is 9.87. The van der Waals surface area contributed by atoms with Gasteiger partial charge < -0.3 is 9.84 Å². The van der Waals surface area contributed by atoms with Crippen molar-refractivity contribution in [3.8, 4) is 5.75 Å². The van der Waals surface area contributed by atoms with Gasteiger partial charge in [0.05, 0.1) is 25.3 Å². The largest absolute Gasteiger partial charge is 0.508 e. The first-order valence-corrected chi connectivity index (χ1v) is 7.97. The van der Waals surface area contributed by atoms with Crippen molar-refractivity contribution in [3.05, 3.63) is 52.5 Å². The molecule has 0 aliphatic carbocycles. The Kier molecular flexibility index (Phi) is 4.45. The number of rotatable bonds is 4. The topological polar surface area (TPSA) is 72.3 Å². The van der Waals surface area contributed by atoms with Crippen molar-refractivity contribution in [2.45, 2.75) is 12.3 Å². The van der Waals surface area contributed by atoms with E-state index >= 15 is 0 Å². The predicted octanol–water partition coefficient (Wildman–Crippen LogP) is 3.75. The summed E-state index contributed by atoms with van der Waals surface area (Å²) in [4.78, 5) is 11.9. The van der Waals surface area contributed by atoms with Crippen LogP contribution in [0, 0.1) is 0 Å². The van der Waals surface area contributed by atoms with E-state index < -0.39 is 5.92 Å². The fourth-order valence-electron chi connectivity index (χ4n) is 2.54. The maximum Gasteiger partial charge on any atom is 0.306 e. The normalized spacial score (nSPS) is 12.3. The van der Waals surface area contributed by atoms with Crippen LogP contribution in [0.5, 0.6) is 5.75 Å². The lowest BCUT2D eigenvalue weighted by molar-refractivity contribution is -0.140. The summed E-state index contributed by atoms with van der Waals surface area (Å²) in [5, 5.41) is 11.0. The molecule has 3 rings (SSSR count). The lowest BCUT2D eigenvalue weighted by Gasteiger charge is -2.18. The van der Waals surface area contributed by atoms with Gasteiger partial charge >= 0.3 is 5.97 Å². The highest BCUT2D eigenvalue weighted by atomic mass is 35.5. The molecule has 0 bridgehead atoms. The molecular weight excluding hydrogens is 336 g/mol. The zero-order valence-corrected chi connectivity index (χ0v) is 13.8. The number of carbonyl (C=O) groups excluding carboxylic acids is 1. The maximum absolute atomic E-state index is 11.9. The molecule has 0 aliphatic rings. The Morgan fingerprint density at radius 2 is 2.00 bits per heavy atom. The van der Waals surface area contributed by atoms with Gasteiger partial charge in [-0.1, -0.05) is 23.7 Å². The van der Waals surface area contributed by atoms with Gasteiger partial charge in [0.1, 0.15) is 16.8 Å². The van der Waals surface area contributed by atoms with Crippen LogP contribution in [0.3, 0.4) is 0 Å². The number of hydrogen-bond donors (Lipinski definition) is 1. The molecule has 0 aliphatic heterocycles. The van der Waals surface area contributed by atoms with Crippen molar-refractivity contribution < 1.29 is 14.6 Å². The van der Waals surface area contributed by atoms with E-state index in [1.54, 1.807) is 24.3 Å². The number of phenolic OH excluding ortho intramolecular Hbond substituents is 1. The van der Waals surface area contributed by atoms with Gasteiger partial charge in [0.15, 0.2) is 0 Å². The summed E-state index contributed by atoms with van der Waals surface area (Å²) in [6.45, 7) is 0. The van der Waals surface area contributed by atoms with Gasteiger partial charge in [0.2, 0.25) is 0 Å². The molecule has 1 atom stereocenters. The number of aromatic hydroxyl groups is 1. The van der Waals surface area contributed by atoms with Crippen LogP contribution in [0.25, 0.3) is 11.0 Å². The third kappa shape index (κ3) is 3.13. The molecule has 1 N–H and O–H groups in total. The molecule has 23 heavy (non-hydrogen) atoms. The third-order valence-corrected chi connectivity index (χ3v) is 4.46. The standard InChI is InChI=1S/C16H13ClN2O3S/c1-22-14(21)8-11(9-2-4-10(17)5-3-9)15-13(20)7-6-12-16(15)19-23-18-12/h2-7,11,20H,8H2,1H3. The van der Waals surface area contributed by atoms with E-state index in [4.69, 9.17) is 16.3 Å². The van der Waals surface area contributed by atoms with E-state index in [0.717, 1.165) is 17.3 Å². The summed E-state index contributed by atoms with van der Waals surface area (Å²) in [6.07, 6.45) is 0.0856. The molecular formula is C16H13ClN2O3S. The Morgan fingerprint density at radius 3 is 2.70 bits per heavy atom. The molecule has 1 unspecified atom stereocenters. The molecule has 3 aromatic rings. The predicted molar refractivity (Wildman–Crippen MR) is 89.0 cm³/mol. The maximum atomic E-state index is 11.9. The van der Waals surface area contributed by atoms with Crippen molar-refractivity contribution in [1.29, 1.82) is 0 Å². The minimum absolute atomic E-state index is 0.0778. The minimum Gasteiger partial charge on any atom is -0.508 e. The summed E-state index contributed by atoms with van der Waals surface area (Å²) in [6, 6.07) is 10.4. The molecule has 0 spiro atoms. The molecule has 2 aromatic carbocycles. The Hall–Kier alpha value is -2.18. The van der Waals surface area contributed by atoms with Gasteiger partial charge in [-0.15, -0.1) is 0 Å². The Bertz CT molecular complexity index is 848.